The van der Waals surface area contributed by atoms with E-state index in [1.54, 1.807) is 0 Å². The van der Waals surface area contributed by atoms with Gasteiger partial charge in [0, 0.05) is 5.22 Å². The van der Waals surface area contributed by atoms with Crippen LogP contribution in [-0.2, 0) is 0 Å². The van der Waals surface area contributed by atoms with Gasteiger partial charge in [-0.25, -0.2) is 8.78 Å². The van der Waals surface area contributed by atoms with E-state index in [1.165, 1.54) is 26.0 Å². The van der Waals surface area contributed by atoms with Gasteiger partial charge in [0.05, 0.1) is 10.8 Å². The lowest BCUT2D eigenvalue weighted by Gasteiger charge is -2.27. The molecule has 0 saturated carbocycles. The van der Waals surface area contributed by atoms with Crippen LogP contribution in [0.5, 0.6) is 0 Å². The second-order valence-corrected chi connectivity index (χ2v) is 4.04. The van der Waals surface area contributed by atoms with Crippen molar-refractivity contribution in [1.29, 1.82) is 0 Å². The Hall–Kier alpha value is -1.45. The van der Waals surface area contributed by atoms with Crippen LogP contribution in [-0.4, -0.2) is 5.54 Å². The van der Waals surface area contributed by atoms with Crippen LogP contribution in [0.15, 0.2) is 18.2 Å². The van der Waals surface area contributed by atoms with Crippen LogP contribution in [0.3, 0.4) is 0 Å². The molecule has 4 heteroatoms. The maximum Gasteiger partial charge on any atom is 0.195 e. The first-order valence-electron chi connectivity index (χ1n) is 4.56. The largest absolute Gasteiger partial charge is 0.350 e. The quantitative estimate of drug-likeness (QED) is 0.641. The van der Waals surface area contributed by atoms with Gasteiger partial charge in [-0.2, -0.15) is 4.39 Å². The maximum absolute atomic E-state index is 13.8. The van der Waals surface area contributed by atoms with E-state index in [-0.39, 0.29) is 10.4 Å². The minimum atomic E-state index is -1.21. The number of nitrogens with one attached hydrogen (secondary N) is 1. The Kier molecular flexibility index (Phi) is 2.03. The number of fused-ring (bicyclic) bond motifs is 1. The first-order chi connectivity index (χ1) is 6.93. The summed E-state index contributed by atoms with van der Waals surface area (Å²) in [6.07, 6.45) is 0. The summed E-state index contributed by atoms with van der Waals surface area (Å²) >= 11 is 0. The second kappa shape index (κ2) is 3.02. The van der Waals surface area contributed by atoms with Crippen LogP contribution in [0, 0.1) is 5.82 Å². The Labute approximate surface area is 84.9 Å². The molecule has 1 aliphatic heterocycles. The molecular weight excluding hydrogens is 203 g/mol. The van der Waals surface area contributed by atoms with Crippen molar-refractivity contribution < 1.29 is 13.2 Å². The van der Waals surface area contributed by atoms with Gasteiger partial charge in [0.1, 0.15) is 11.6 Å². The van der Waals surface area contributed by atoms with E-state index >= 15 is 0 Å². The Bertz CT molecular complexity index is 531. The first kappa shape index (κ1) is 10.1. The Morgan fingerprint density at radius 1 is 1.13 bits per heavy atom. The highest BCUT2D eigenvalue weighted by molar-refractivity contribution is 5.56. The SMILES string of the molecule is CC1(C)NC(F)=c2cccc(F)c2=C1F. The zero-order valence-electron chi connectivity index (χ0n) is 8.37. The van der Waals surface area contributed by atoms with Crippen LogP contribution in [0.25, 0.3) is 11.8 Å². The lowest BCUT2D eigenvalue weighted by Crippen LogP contribution is -2.50. The fourth-order valence-electron chi connectivity index (χ4n) is 1.64. The summed E-state index contributed by atoms with van der Waals surface area (Å²) in [5.74, 6) is -2.12. The molecule has 0 aromatic heterocycles. The summed E-state index contributed by atoms with van der Waals surface area (Å²) in [6, 6.07) is 3.81. The van der Waals surface area contributed by atoms with Crippen LogP contribution in [0.4, 0.5) is 13.2 Å². The topological polar surface area (TPSA) is 12.0 Å². The molecule has 0 bridgehead atoms. The third-order valence-corrected chi connectivity index (χ3v) is 2.44. The van der Waals surface area contributed by atoms with Crippen molar-refractivity contribution in [2.75, 3.05) is 0 Å². The number of benzene rings is 1. The van der Waals surface area contributed by atoms with Gasteiger partial charge in [-0.05, 0) is 26.0 Å². The molecule has 2 rings (SSSR count). The van der Waals surface area contributed by atoms with E-state index in [2.05, 4.69) is 5.32 Å². The summed E-state index contributed by atoms with van der Waals surface area (Å²) < 4.78 is 40.7. The van der Waals surface area contributed by atoms with Gasteiger partial charge >= 0.3 is 0 Å². The molecule has 1 aliphatic rings. The number of hydrogen-bond acceptors (Lipinski definition) is 1. The Morgan fingerprint density at radius 2 is 1.80 bits per heavy atom. The second-order valence-electron chi connectivity index (χ2n) is 4.04. The normalized spacial score (nSPS) is 18.5. The fourth-order valence-corrected chi connectivity index (χ4v) is 1.64. The molecule has 0 saturated heterocycles. The van der Waals surface area contributed by atoms with Crippen LogP contribution >= 0.6 is 0 Å². The molecule has 0 spiro atoms. The van der Waals surface area contributed by atoms with Crippen molar-refractivity contribution in [3.8, 4) is 0 Å². The highest BCUT2D eigenvalue weighted by Gasteiger charge is 2.30. The zero-order chi connectivity index (χ0) is 11.2. The predicted molar refractivity (Wildman–Crippen MR) is 51.9 cm³/mol. The number of rotatable bonds is 0. The fraction of sp³-hybridized carbons (Fsp3) is 0.273. The predicted octanol–water partition coefficient (Wildman–Crippen LogP) is 1.32. The lowest BCUT2D eigenvalue weighted by molar-refractivity contribution is 0.445. The third kappa shape index (κ3) is 1.40. The van der Waals surface area contributed by atoms with E-state index in [1.807, 2.05) is 0 Å². The average molecular weight is 213 g/mol. The van der Waals surface area contributed by atoms with Gasteiger partial charge < -0.3 is 5.32 Å². The van der Waals surface area contributed by atoms with Crippen molar-refractivity contribution in [3.05, 3.63) is 34.5 Å². The standard InChI is InChI=1S/C11H10F3N/c1-11(2)9(13)8-6(10(14)15-11)4-3-5-7(8)12/h3-5,15H,1-2H3. The lowest BCUT2D eigenvalue weighted by atomic mass is 9.98. The van der Waals surface area contributed by atoms with Crippen molar-refractivity contribution in [2.45, 2.75) is 19.4 Å². The molecular formula is C11H10F3N. The van der Waals surface area contributed by atoms with E-state index in [0.717, 1.165) is 6.07 Å². The summed E-state index contributed by atoms with van der Waals surface area (Å²) in [7, 11) is 0. The van der Waals surface area contributed by atoms with E-state index in [9.17, 15) is 13.2 Å². The summed E-state index contributed by atoms with van der Waals surface area (Å²) in [5.41, 5.74) is -1.21. The molecule has 0 fully saturated rings. The molecule has 0 aliphatic carbocycles. The van der Waals surface area contributed by atoms with Gasteiger partial charge in [-0.3, -0.25) is 0 Å². The number of hydrogen-bond donors (Lipinski definition) is 1. The summed E-state index contributed by atoms with van der Waals surface area (Å²) in [6.45, 7) is 2.91. The van der Waals surface area contributed by atoms with Crippen molar-refractivity contribution in [1.82, 2.24) is 5.32 Å². The highest BCUT2D eigenvalue weighted by Crippen LogP contribution is 2.21. The van der Waals surface area contributed by atoms with Crippen molar-refractivity contribution >= 4 is 11.8 Å². The van der Waals surface area contributed by atoms with Crippen molar-refractivity contribution in [3.63, 3.8) is 0 Å². The molecule has 80 valence electrons. The van der Waals surface area contributed by atoms with Gasteiger partial charge in [-0.1, -0.05) is 6.07 Å². The van der Waals surface area contributed by atoms with Crippen LogP contribution in [0.2, 0.25) is 0 Å². The molecule has 0 radical (unpaired) electrons. The smallest absolute Gasteiger partial charge is 0.195 e. The van der Waals surface area contributed by atoms with Gasteiger partial charge in [-0.15, -0.1) is 0 Å². The van der Waals surface area contributed by atoms with E-state index in [0.29, 0.717) is 0 Å². The monoisotopic (exact) mass is 213 g/mol. The van der Waals surface area contributed by atoms with Gasteiger partial charge in [0.25, 0.3) is 0 Å². The van der Waals surface area contributed by atoms with Crippen LogP contribution in [0.1, 0.15) is 13.8 Å². The molecule has 0 unspecified atom stereocenters. The number of halogens is 3. The highest BCUT2D eigenvalue weighted by atomic mass is 19.1. The minimum absolute atomic E-state index is 0.0631. The molecule has 1 heterocycles. The van der Waals surface area contributed by atoms with Gasteiger partial charge in [0.2, 0.25) is 0 Å². The minimum Gasteiger partial charge on any atom is -0.350 e. The molecule has 1 aromatic rings. The molecule has 1 N–H and O–H groups in total. The van der Waals surface area contributed by atoms with E-state index < -0.39 is 23.1 Å². The summed E-state index contributed by atoms with van der Waals surface area (Å²) in [5, 5.41) is 2.02. The average Bonchev–Trinajstić information content (AvgIpc) is 2.14. The molecule has 0 amide bonds. The van der Waals surface area contributed by atoms with E-state index in [4.69, 9.17) is 0 Å². The Morgan fingerprint density at radius 3 is 2.47 bits per heavy atom. The summed E-state index contributed by atoms with van der Waals surface area (Å²) in [4.78, 5) is 0. The zero-order valence-corrected chi connectivity index (χ0v) is 8.37. The van der Waals surface area contributed by atoms with Crippen LogP contribution < -0.4 is 15.8 Å². The third-order valence-electron chi connectivity index (χ3n) is 2.44. The van der Waals surface area contributed by atoms with Gasteiger partial charge in [0.15, 0.2) is 5.95 Å². The molecule has 1 nitrogen and oxygen atoms in total. The van der Waals surface area contributed by atoms with Crippen molar-refractivity contribution in [2.24, 2.45) is 0 Å². The molecule has 0 atom stereocenters. The Balaban J connectivity index is 3.00. The first-order valence-corrected chi connectivity index (χ1v) is 4.56. The maximum atomic E-state index is 13.8. The molecule has 15 heavy (non-hydrogen) atoms. The molecule has 1 aromatic carbocycles.